The first-order chi connectivity index (χ1) is 12.9. The van der Waals surface area contributed by atoms with Crippen molar-refractivity contribution < 1.29 is 12.8 Å². The van der Waals surface area contributed by atoms with E-state index in [-0.39, 0.29) is 10.2 Å². The van der Waals surface area contributed by atoms with Crippen LogP contribution in [0.5, 0.6) is 0 Å². The predicted molar refractivity (Wildman–Crippen MR) is 102 cm³/mol. The zero-order valence-corrected chi connectivity index (χ0v) is 15.8. The summed E-state index contributed by atoms with van der Waals surface area (Å²) in [5.74, 6) is 0.232. The summed E-state index contributed by atoms with van der Waals surface area (Å²) < 4.78 is 40.0. The maximum Gasteiger partial charge on any atom is 0.243 e. The maximum absolute atomic E-state index is 13.1. The average Bonchev–Trinajstić information content (AvgIpc) is 2.68. The number of piperazine rings is 1. The minimum atomic E-state index is -3.65. The monoisotopic (exact) mass is 406 g/mol. The molecule has 0 amide bonds. The van der Waals surface area contributed by atoms with Crippen LogP contribution in [0.1, 0.15) is 0 Å². The molecular formula is C18H16ClFN4O2S. The van der Waals surface area contributed by atoms with Crippen molar-refractivity contribution in [3.05, 3.63) is 59.6 Å². The number of benzene rings is 2. The van der Waals surface area contributed by atoms with Gasteiger partial charge in [-0.15, -0.1) is 0 Å². The molecule has 0 spiro atoms. The van der Waals surface area contributed by atoms with Crippen molar-refractivity contribution in [3.8, 4) is 0 Å². The number of sulfonamides is 1. The normalized spacial score (nSPS) is 16.0. The van der Waals surface area contributed by atoms with Gasteiger partial charge in [0.25, 0.3) is 0 Å². The fourth-order valence-corrected chi connectivity index (χ4v) is 4.76. The molecule has 1 aliphatic rings. The van der Waals surface area contributed by atoms with Crippen LogP contribution in [-0.4, -0.2) is 48.9 Å². The Bertz CT molecular complexity index is 1080. The molecule has 3 aromatic rings. The van der Waals surface area contributed by atoms with Crippen molar-refractivity contribution in [2.75, 3.05) is 31.1 Å². The van der Waals surface area contributed by atoms with Gasteiger partial charge in [0.1, 0.15) is 11.6 Å². The third-order valence-corrected chi connectivity index (χ3v) is 6.63. The van der Waals surface area contributed by atoms with E-state index in [9.17, 15) is 12.8 Å². The van der Waals surface area contributed by atoms with Crippen molar-refractivity contribution >= 4 is 38.3 Å². The molecule has 1 aliphatic heterocycles. The first kappa shape index (κ1) is 18.1. The lowest BCUT2D eigenvalue weighted by atomic mass is 10.2. The Morgan fingerprint density at radius 3 is 2.30 bits per heavy atom. The second-order valence-corrected chi connectivity index (χ2v) is 8.45. The number of aromatic nitrogens is 2. The number of hydrogen-bond donors (Lipinski definition) is 0. The first-order valence-electron chi connectivity index (χ1n) is 8.38. The lowest BCUT2D eigenvalue weighted by Crippen LogP contribution is -2.49. The van der Waals surface area contributed by atoms with E-state index in [2.05, 4.69) is 9.97 Å². The van der Waals surface area contributed by atoms with Gasteiger partial charge in [0.2, 0.25) is 15.3 Å². The number of rotatable bonds is 3. The Hall–Kier alpha value is -2.29. The molecule has 9 heteroatoms. The van der Waals surface area contributed by atoms with Gasteiger partial charge in [-0.1, -0.05) is 12.1 Å². The molecule has 0 saturated carbocycles. The van der Waals surface area contributed by atoms with Crippen molar-refractivity contribution in [3.63, 3.8) is 0 Å². The Kier molecular flexibility index (Phi) is 4.71. The summed E-state index contributed by atoms with van der Waals surface area (Å²) in [4.78, 5) is 10.7. The molecule has 1 saturated heterocycles. The highest BCUT2D eigenvalue weighted by Crippen LogP contribution is 2.27. The summed E-state index contributed by atoms with van der Waals surface area (Å²) in [6, 6.07) is 12.4. The van der Waals surface area contributed by atoms with Crippen LogP contribution >= 0.6 is 11.6 Å². The SMILES string of the molecule is O=S(=O)(c1ccc(F)cc1)N1CCN(c2nc(Cl)nc3ccccc23)CC1. The van der Waals surface area contributed by atoms with Crippen LogP contribution in [0, 0.1) is 5.82 Å². The first-order valence-corrected chi connectivity index (χ1v) is 10.2. The number of hydrogen-bond acceptors (Lipinski definition) is 5. The number of para-hydroxylation sites is 1. The van der Waals surface area contributed by atoms with Crippen molar-refractivity contribution in [2.24, 2.45) is 0 Å². The van der Waals surface area contributed by atoms with E-state index >= 15 is 0 Å². The van der Waals surface area contributed by atoms with Crippen LogP contribution in [0.2, 0.25) is 5.28 Å². The number of halogens is 2. The molecule has 2 heterocycles. The van der Waals surface area contributed by atoms with Crippen LogP contribution < -0.4 is 4.90 Å². The zero-order valence-electron chi connectivity index (χ0n) is 14.2. The fraction of sp³-hybridized carbons (Fsp3) is 0.222. The van der Waals surface area contributed by atoms with E-state index in [0.717, 1.165) is 23.0 Å². The molecule has 140 valence electrons. The predicted octanol–water partition coefficient (Wildman–Crippen LogP) is 2.93. The minimum Gasteiger partial charge on any atom is -0.353 e. The average molecular weight is 407 g/mol. The smallest absolute Gasteiger partial charge is 0.243 e. The van der Waals surface area contributed by atoms with Crippen molar-refractivity contribution in [1.29, 1.82) is 0 Å². The second-order valence-electron chi connectivity index (χ2n) is 6.18. The number of anilines is 1. The fourth-order valence-electron chi connectivity index (χ4n) is 3.17. The summed E-state index contributed by atoms with van der Waals surface area (Å²) in [6.45, 7) is 1.54. The van der Waals surface area contributed by atoms with Crippen LogP contribution in [0.15, 0.2) is 53.4 Å². The van der Waals surface area contributed by atoms with Gasteiger partial charge in [-0.2, -0.15) is 9.29 Å². The molecule has 0 N–H and O–H groups in total. The van der Waals surface area contributed by atoms with Gasteiger partial charge in [0.05, 0.1) is 10.4 Å². The van der Waals surface area contributed by atoms with Crippen molar-refractivity contribution in [1.82, 2.24) is 14.3 Å². The summed E-state index contributed by atoms with van der Waals surface area (Å²) in [5, 5.41) is 1.03. The quantitative estimate of drug-likeness (QED) is 0.626. The van der Waals surface area contributed by atoms with Gasteiger partial charge in [-0.3, -0.25) is 0 Å². The highest BCUT2D eigenvalue weighted by molar-refractivity contribution is 7.89. The summed E-state index contributed by atoms with van der Waals surface area (Å²) >= 11 is 6.05. The molecule has 0 atom stereocenters. The third kappa shape index (κ3) is 3.47. The van der Waals surface area contributed by atoms with E-state index in [0.29, 0.717) is 32.0 Å². The van der Waals surface area contributed by atoms with Crippen LogP contribution in [0.4, 0.5) is 10.2 Å². The van der Waals surface area contributed by atoms with Crippen molar-refractivity contribution in [2.45, 2.75) is 4.90 Å². The molecule has 0 bridgehead atoms. The third-order valence-electron chi connectivity index (χ3n) is 4.55. The highest BCUT2D eigenvalue weighted by Gasteiger charge is 2.29. The largest absolute Gasteiger partial charge is 0.353 e. The topological polar surface area (TPSA) is 66.4 Å². The molecule has 6 nitrogen and oxygen atoms in total. The molecule has 4 rings (SSSR count). The molecule has 2 aromatic carbocycles. The zero-order chi connectivity index (χ0) is 19.0. The van der Waals surface area contributed by atoms with Gasteiger partial charge < -0.3 is 4.90 Å². The Balaban J connectivity index is 1.57. The van der Waals surface area contributed by atoms with Gasteiger partial charge in [0, 0.05) is 31.6 Å². The summed E-state index contributed by atoms with van der Waals surface area (Å²) in [7, 11) is -3.65. The van der Waals surface area contributed by atoms with Gasteiger partial charge in [-0.25, -0.2) is 17.8 Å². The minimum absolute atomic E-state index is 0.0906. The Morgan fingerprint density at radius 1 is 0.926 bits per heavy atom. The van der Waals surface area contributed by atoms with Gasteiger partial charge >= 0.3 is 0 Å². The molecule has 0 radical (unpaired) electrons. The second kappa shape index (κ2) is 7.03. The molecule has 1 fully saturated rings. The Labute approximate surface area is 161 Å². The summed E-state index contributed by atoms with van der Waals surface area (Å²) in [6.07, 6.45) is 0. The number of fused-ring (bicyclic) bond motifs is 1. The number of nitrogens with zero attached hydrogens (tertiary/aromatic N) is 4. The lowest BCUT2D eigenvalue weighted by molar-refractivity contribution is 0.384. The van der Waals surface area contributed by atoms with Crippen LogP contribution in [0.3, 0.4) is 0 Å². The highest BCUT2D eigenvalue weighted by atomic mass is 35.5. The van der Waals surface area contributed by atoms with Crippen LogP contribution in [0.25, 0.3) is 10.9 Å². The van der Waals surface area contributed by atoms with Crippen LogP contribution in [-0.2, 0) is 10.0 Å². The Morgan fingerprint density at radius 2 is 1.59 bits per heavy atom. The molecule has 0 unspecified atom stereocenters. The maximum atomic E-state index is 13.1. The molecule has 1 aromatic heterocycles. The molecular weight excluding hydrogens is 391 g/mol. The van der Waals surface area contributed by atoms with Gasteiger partial charge in [0.15, 0.2) is 0 Å². The van der Waals surface area contributed by atoms with E-state index < -0.39 is 15.8 Å². The van der Waals surface area contributed by atoms with E-state index in [1.54, 1.807) is 0 Å². The standard InChI is InChI=1S/C18H16ClFN4O2S/c19-18-21-16-4-2-1-3-15(16)17(22-18)23-9-11-24(12-10-23)27(25,26)14-7-5-13(20)6-8-14/h1-8H,9-12H2. The van der Waals surface area contributed by atoms with E-state index in [1.807, 2.05) is 29.2 Å². The molecule has 27 heavy (non-hydrogen) atoms. The van der Waals surface area contributed by atoms with Gasteiger partial charge in [-0.05, 0) is 48.0 Å². The summed E-state index contributed by atoms with van der Waals surface area (Å²) in [5.41, 5.74) is 0.744. The van der Waals surface area contributed by atoms with E-state index in [1.165, 1.54) is 16.4 Å². The molecule has 0 aliphatic carbocycles. The van der Waals surface area contributed by atoms with E-state index in [4.69, 9.17) is 11.6 Å². The lowest BCUT2D eigenvalue weighted by Gasteiger charge is -2.35.